The molecule has 0 heterocycles. The lowest BCUT2D eigenvalue weighted by atomic mass is 9.42. The number of phosphoric acid groups is 1. The summed E-state index contributed by atoms with van der Waals surface area (Å²) < 4.78 is 42.7. The van der Waals surface area contributed by atoms with Gasteiger partial charge in [0.25, 0.3) is 10.1 Å². The van der Waals surface area contributed by atoms with E-state index in [-0.39, 0.29) is 12.5 Å². The summed E-state index contributed by atoms with van der Waals surface area (Å²) in [4.78, 5) is 29.7. The fourth-order valence-electron chi connectivity index (χ4n) is 10.0. The molecule has 4 aliphatic carbocycles. The van der Waals surface area contributed by atoms with Crippen molar-refractivity contribution in [1.29, 1.82) is 0 Å². The van der Waals surface area contributed by atoms with Gasteiger partial charge in [-0.1, -0.05) is 41.0 Å². The van der Waals surface area contributed by atoms with Gasteiger partial charge in [0.15, 0.2) is 6.79 Å². The van der Waals surface area contributed by atoms with E-state index >= 15 is 0 Å². The van der Waals surface area contributed by atoms with Crippen LogP contribution >= 0.6 is 7.82 Å². The number of carbonyl (C=O) groups is 1. The van der Waals surface area contributed by atoms with Crippen molar-refractivity contribution < 1.29 is 36.3 Å². The molecule has 1 amide bonds. The summed E-state index contributed by atoms with van der Waals surface area (Å²) in [6, 6.07) is 0. The van der Waals surface area contributed by atoms with Crippen molar-refractivity contribution in [2.24, 2.45) is 58.2 Å². The van der Waals surface area contributed by atoms with Gasteiger partial charge < -0.3 is 15.1 Å². The highest BCUT2D eigenvalue weighted by atomic mass is 32.2. The van der Waals surface area contributed by atoms with Crippen molar-refractivity contribution in [3.05, 3.63) is 0 Å². The van der Waals surface area contributed by atoms with Gasteiger partial charge in [0.2, 0.25) is 5.91 Å². The minimum Gasteiger partial charge on any atom is -0.355 e. The first-order chi connectivity index (χ1) is 18.6. The number of hydrogen-bond donors (Lipinski definition) is 3. The van der Waals surface area contributed by atoms with Crippen molar-refractivity contribution in [3.8, 4) is 0 Å². The van der Waals surface area contributed by atoms with Crippen LogP contribution in [-0.4, -0.2) is 43.2 Å². The second kappa shape index (κ2) is 12.2. The molecule has 4 saturated carbocycles. The Morgan fingerprint density at radius 1 is 1.05 bits per heavy atom. The molecule has 232 valence electrons. The van der Waals surface area contributed by atoms with Crippen molar-refractivity contribution in [2.45, 2.75) is 98.8 Å². The standard InChI is InChI=1S/C29H52NO8PS/c1-19-10-12-28(4)22(16-19)17-21(3)27-24-8-7-23(29(24,5)13-11-25(27)28)20(2)6-9-26(31)30-14-15-40(35,36)38-18-37-39(32,33)34/h19-25,27H,6-18H2,1-5H3,(H,30,31)(H2,32,33,34). The maximum atomic E-state index is 12.5. The number of phosphoric ester groups is 1. The molecule has 4 fully saturated rings. The molecule has 0 bridgehead atoms. The van der Waals surface area contributed by atoms with E-state index in [9.17, 15) is 17.8 Å². The summed E-state index contributed by atoms with van der Waals surface area (Å²) in [5.74, 6) is 5.36. The molecule has 0 saturated heterocycles. The third-order valence-electron chi connectivity index (χ3n) is 12.0. The van der Waals surface area contributed by atoms with Gasteiger partial charge in [0.05, 0.1) is 5.75 Å². The van der Waals surface area contributed by atoms with Crippen LogP contribution < -0.4 is 5.32 Å². The molecule has 4 rings (SSSR count). The largest absolute Gasteiger partial charge is 0.471 e. The summed E-state index contributed by atoms with van der Waals surface area (Å²) in [5, 5.41) is 2.64. The Bertz CT molecular complexity index is 1060. The van der Waals surface area contributed by atoms with E-state index in [4.69, 9.17) is 9.79 Å². The van der Waals surface area contributed by atoms with Gasteiger partial charge in [-0.2, -0.15) is 8.42 Å². The lowest BCUT2D eigenvalue weighted by molar-refractivity contribution is -0.142. The number of rotatable bonds is 11. The minimum atomic E-state index is -4.82. The molecule has 40 heavy (non-hydrogen) atoms. The van der Waals surface area contributed by atoms with Gasteiger partial charge >= 0.3 is 7.82 Å². The van der Waals surface area contributed by atoms with Crippen molar-refractivity contribution >= 4 is 23.8 Å². The van der Waals surface area contributed by atoms with Crippen molar-refractivity contribution in [3.63, 3.8) is 0 Å². The number of hydrogen-bond acceptors (Lipinski definition) is 6. The highest BCUT2D eigenvalue weighted by Gasteiger charge is 2.62. The average molecular weight is 606 g/mol. The quantitative estimate of drug-likeness (QED) is 0.160. The Morgan fingerprint density at radius 2 is 1.73 bits per heavy atom. The molecule has 0 aromatic carbocycles. The lowest BCUT2D eigenvalue weighted by Crippen LogP contribution is -2.56. The van der Waals surface area contributed by atoms with Crippen LogP contribution in [0.4, 0.5) is 0 Å². The number of carbonyl (C=O) groups excluding carboxylic acids is 1. The maximum absolute atomic E-state index is 12.5. The first kappa shape index (κ1) is 32.4. The second-order valence-electron chi connectivity index (χ2n) is 14.3. The molecule has 0 aromatic rings. The molecule has 10 atom stereocenters. The van der Waals surface area contributed by atoms with Crippen LogP contribution in [0.15, 0.2) is 0 Å². The Morgan fingerprint density at radius 3 is 2.42 bits per heavy atom. The van der Waals surface area contributed by atoms with E-state index < -0.39 is 30.5 Å². The molecular weight excluding hydrogens is 553 g/mol. The fourth-order valence-corrected chi connectivity index (χ4v) is 10.9. The SMILES string of the molecule is CC1CCC2(C)C(C1)CC(C)C1C2CCC2(C)C(C(C)CCC(=O)NCCS(=O)(=O)OCOP(=O)(O)O)CCC12. The summed E-state index contributed by atoms with van der Waals surface area (Å²) >= 11 is 0. The highest BCUT2D eigenvalue weighted by molar-refractivity contribution is 7.86. The van der Waals surface area contributed by atoms with E-state index in [0.29, 0.717) is 29.1 Å². The monoisotopic (exact) mass is 605 g/mol. The topological polar surface area (TPSA) is 139 Å². The van der Waals surface area contributed by atoms with E-state index in [1.165, 1.54) is 51.4 Å². The third kappa shape index (κ3) is 6.99. The van der Waals surface area contributed by atoms with Crippen LogP contribution in [-0.2, 0) is 28.2 Å². The average Bonchev–Trinajstić information content (AvgIpc) is 3.20. The maximum Gasteiger partial charge on any atom is 0.471 e. The first-order valence-corrected chi connectivity index (χ1v) is 18.5. The minimum absolute atomic E-state index is 0.131. The molecule has 11 heteroatoms. The summed E-state index contributed by atoms with van der Waals surface area (Å²) in [5.41, 5.74) is 0.842. The van der Waals surface area contributed by atoms with Crippen LogP contribution in [0.5, 0.6) is 0 Å². The summed E-state index contributed by atoms with van der Waals surface area (Å²) in [6.45, 7) is 11.3. The van der Waals surface area contributed by atoms with Gasteiger partial charge in [-0.05, 0) is 110 Å². The second-order valence-corrected chi connectivity index (χ2v) is 17.3. The zero-order valence-corrected chi connectivity index (χ0v) is 26.7. The predicted octanol–water partition coefficient (Wildman–Crippen LogP) is 5.47. The number of amides is 1. The third-order valence-corrected chi connectivity index (χ3v) is 13.6. The molecule has 3 N–H and O–H groups in total. The van der Waals surface area contributed by atoms with Gasteiger partial charge in [0, 0.05) is 13.0 Å². The zero-order valence-electron chi connectivity index (χ0n) is 25.0. The normalized spacial score (nSPS) is 40.5. The van der Waals surface area contributed by atoms with Crippen LogP contribution in [0.2, 0.25) is 0 Å². The number of nitrogens with one attached hydrogen (secondary N) is 1. The lowest BCUT2D eigenvalue weighted by Gasteiger charge is -2.63. The molecule has 0 spiro atoms. The van der Waals surface area contributed by atoms with Crippen LogP contribution in [0.1, 0.15) is 98.8 Å². The van der Waals surface area contributed by atoms with Crippen molar-refractivity contribution in [2.75, 3.05) is 19.1 Å². The van der Waals surface area contributed by atoms with Crippen molar-refractivity contribution in [1.82, 2.24) is 5.32 Å². The smallest absolute Gasteiger partial charge is 0.355 e. The predicted molar refractivity (Wildman–Crippen MR) is 153 cm³/mol. The molecule has 0 aliphatic heterocycles. The van der Waals surface area contributed by atoms with Crippen LogP contribution in [0.3, 0.4) is 0 Å². The fraction of sp³-hybridized carbons (Fsp3) is 0.966. The Kier molecular flexibility index (Phi) is 9.91. The zero-order chi connectivity index (χ0) is 29.5. The molecule has 0 aromatic heterocycles. The van der Waals surface area contributed by atoms with Crippen LogP contribution in [0.25, 0.3) is 0 Å². The number of fused-ring (bicyclic) bond motifs is 5. The highest BCUT2D eigenvalue weighted by Crippen LogP contribution is 2.69. The van der Waals surface area contributed by atoms with Crippen LogP contribution in [0, 0.1) is 58.2 Å². The molecule has 9 nitrogen and oxygen atoms in total. The van der Waals surface area contributed by atoms with Gasteiger partial charge in [-0.25, -0.2) is 8.75 Å². The van der Waals surface area contributed by atoms with E-state index in [1.807, 2.05) is 0 Å². The van der Waals surface area contributed by atoms with E-state index in [2.05, 4.69) is 48.6 Å². The first-order valence-electron chi connectivity index (χ1n) is 15.4. The van der Waals surface area contributed by atoms with E-state index in [0.717, 1.165) is 41.9 Å². The molecule has 0 radical (unpaired) electrons. The Labute approximate surface area is 241 Å². The van der Waals surface area contributed by atoms with Gasteiger partial charge in [0.1, 0.15) is 0 Å². The summed E-state index contributed by atoms with van der Waals surface area (Å²) in [7, 11) is -8.89. The van der Waals surface area contributed by atoms with E-state index in [1.54, 1.807) is 0 Å². The molecular formula is C29H52NO8PS. The Hall–Kier alpha value is -0.510. The molecule has 10 unspecified atom stereocenters. The van der Waals surface area contributed by atoms with Gasteiger partial charge in [-0.15, -0.1) is 0 Å². The Balaban J connectivity index is 1.27. The van der Waals surface area contributed by atoms with Gasteiger partial charge in [-0.3, -0.25) is 9.32 Å². The summed E-state index contributed by atoms with van der Waals surface area (Å²) in [6.07, 6.45) is 11.9. The molecule has 4 aliphatic rings.